The quantitative estimate of drug-likeness (QED) is 0.352. The van der Waals surface area contributed by atoms with E-state index in [2.05, 4.69) is 10.5 Å². The first kappa shape index (κ1) is 14.0. The molecule has 0 saturated carbocycles. The van der Waals surface area contributed by atoms with Crippen molar-refractivity contribution in [2.24, 2.45) is 10.9 Å². The number of amides is 1. The van der Waals surface area contributed by atoms with Gasteiger partial charge in [0.25, 0.3) is 5.91 Å². The lowest BCUT2D eigenvalue weighted by atomic mass is 10.2. The molecule has 104 valence electrons. The monoisotopic (exact) mass is 293 g/mol. The topological polar surface area (TPSA) is 87.7 Å². The van der Waals surface area contributed by atoms with E-state index in [4.69, 9.17) is 10.9 Å². The van der Waals surface area contributed by atoms with Crippen LogP contribution in [-0.2, 0) is 0 Å². The minimum atomic E-state index is -0.657. The fourth-order valence-corrected chi connectivity index (χ4v) is 2.34. The van der Waals surface area contributed by atoms with E-state index in [0.29, 0.717) is 4.88 Å². The Bertz CT molecular complexity index is 682. The number of nitrogens with one attached hydrogen (secondary N) is 1. The molecule has 1 aromatic carbocycles. The maximum absolute atomic E-state index is 13.8. The van der Waals surface area contributed by atoms with E-state index in [1.165, 1.54) is 23.5 Å². The molecule has 2 aromatic rings. The van der Waals surface area contributed by atoms with Crippen LogP contribution in [0.1, 0.15) is 20.1 Å². The summed E-state index contributed by atoms with van der Waals surface area (Å²) in [7, 11) is 0. The number of nitrogens with two attached hydrogens (primary N) is 1. The van der Waals surface area contributed by atoms with Gasteiger partial charge in [-0.05, 0) is 37.3 Å². The molecule has 1 amide bonds. The summed E-state index contributed by atoms with van der Waals surface area (Å²) in [6.45, 7) is 1.88. The molecule has 1 heterocycles. The average molecular weight is 293 g/mol. The standard InChI is InChI=1S/C13H12FN3O2S/c1-7-2-5-11(20-7)13(18)16-10-4-3-8(6-9(10)14)12(15)17-19/h2-6,19H,1H3,(H2,15,17)(H,16,18). The number of aryl methyl sites for hydroxylation is 1. The molecule has 5 nitrogen and oxygen atoms in total. The van der Waals surface area contributed by atoms with Gasteiger partial charge >= 0.3 is 0 Å². The highest BCUT2D eigenvalue weighted by Gasteiger charge is 2.12. The Morgan fingerprint density at radius 1 is 1.40 bits per heavy atom. The lowest BCUT2D eigenvalue weighted by Gasteiger charge is -2.06. The van der Waals surface area contributed by atoms with Crippen molar-refractivity contribution in [1.82, 2.24) is 0 Å². The third kappa shape index (κ3) is 2.94. The van der Waals surface area contributed by atoms with Crippen LogP contribution < -0.4 is 11.1 Å². The summed E-state index contributed by atoms with van der Waals surface area (Å²) in [5.74, 6) is -1.23. The summed E-state index contributed by atoms with van der Waals surface area (Å²) in [5, 5.41) is 13.8. The molecule has 0 unspecified atom stereocenters. The molecule has 1 aromatic heterocycles. The summed E-state index contributed by atoms with van der Waals surface area (Å²) < 4.78 is 13.8. The van der Waals surface area contributed by atoms with E-state index >= 15 is 0 Å². The molecule has 7 heteroatoms. The van der Waals surface area contributed by atoms with E-state index in [9.17, 15) is 9.18 Å². The summed E-state index contributed by atoms with van der Waals surface area (Å²) in [6.07, 6.45) is 0. The zero-order valence-electron chi connectivity index (χ0n) is 10.6. The molecule has 0 spiro atoms. The number of carbonyl (C=O) groups is 1. The van der Waals surface area contributed by atoms with Crippen LogP contribution in [0.5, 0.6) is 0 Å². The van der Waals surface area contributed by atoms with Crippen LogP contribution in [0.3, 0.4) is 0 Å². The van der Waals surface area contributed by atoms with Crippen LogP contribution in [0.25, 0.3) is 0 Å². The highest BCUT2D eigenvalue weighted by Crippen LogP contribution is 2.20. The minimum Gasteiger partial charge on any atom is -0.409 e. The zero-order chi connectivity index (χ0) is 14.7. The molecular weight excluding hydrogens is 281 g/mol. The lowest BCUT2D eigenvalue weighted by molar-refractivity contribution is 0.103. The molecule has 0 bridgehead atoms. The van der Waals surface area contributed by atoms with E-state index < -0.39 is 5.82 Å². The Morgan fingerprint density at radius 3 is 2.70 bits per heavy atom. The Hall–Kier alpha value is -2.41. The van der Waals surface area contributed by atoms with Crippen LogP contribution in [0.2, 0.25) is 0 Å². The lowest BCUT2D eigenvalue weighted by Crippen LogP contribution is -2.15. The van der Waals surface area contributed by atoms with Gasteiger partial charge in [-0.25, -0.2) is 4.39 Å². The van der Waals surface area contributed by atoms with Gasteiger partial charge in [0.15, 0.2) is 5.84 Å². The molecule has 4 N–H and O–H groups in total. The fourth-order valence-electron chi connectivity index (χ4n) is 1.57. The molecule has 0 aliphatic heterocycles. The van der Waals surface area contributed by atoms with Gasteiger partial charge in [-0.3, -0.25) is 4.79 Å². The van der Waals surface area contributed by atoms with Crippen molar-refractivity contribution in [1.29, 1.82) is 0 Å². The molecule has 0 saturated heterocycles. The summed E-state index contributed by atoms with van der Waals surface area (Å²) in [5.41, 5.74) is 5.62. The Balaban J connectivity index is 2.20. The van der Waals surface area contributed by atoms with Crippen LogP contribution in [0.15, 0.2) is 35.5 Å². The van der Waals surface area contributed by atoms with Gasteiger partial charge in [0.05, 0.1) is 10.6 Å². The number of nitrogens with zero attached hydrogens (tertiary/aromatic N) is 1. The Kier molecular flexibility index (Phi) is 3.99. The van der Waals surface area contributed by atoms with Crippen LogP contribution >= 0.6 is 11.3 Å². The van der Waals surface area contributed by atoms with Gasteiger partial charge in [-0.1, -0.05) is 5.16 Å². The third-order valence-electron chi connectivity index (χ3n) is 2.58. The number of hydrogen-bond acceptors (Lipinski definition) is 4. The smallest absolute Gasteiger partial charge is 0.265 e. The Morgan fingerprint density at radius 2 is 2.15 bits per heavy atom. The largest absolute Gasteiger partial charge is 0.409 e. The number of hydrogen-bond donors (Lipinski definition) is 3. The highest BCUT2D eigenvalue weighted by molar-refractivity contribution is 7.14. The number of oxime groups is 1. The number of halogens is 1. The second-order valence-corrected chi connectivity index (χ2v) is 5.33. The van der Waals surface area contributed by atoms with Crippen molar-refractivity contribution in [3.8, 4) is 0 Å². The van der Waals surface area contributed by atoms with E-state index in [1.807, 2.05) is 13.0 Å². The van der Waals surface area contributed by atoms with Gasteiger partial charge in [-0.2, -0.15) is 0 Å². The number of anilines is 1. The summed E-state index contributed by atoms with van der Waals surface area (Å²) >= 11 is 1.33. The van der Waals surface area contributed by atoms with Gasteiger partial charge in [0.1, 0.15) is 5.82 Å². The van der Waals surface area contributed by atoms with Crippen molar-refractivity contribution in [2.75, 3.05) is 5.32 Å². The number of thiophene rings is 1. The number of amidine groups is 1. The number of carbonyl (C=O) groups excluding carboxylic acids is 1. The molecule has 0 atom stereocenters. The van der Waals surface area contributed by atoms with Crippen LogP contribution in [0.4, 0.5) is 10.1 Å². The number of benzene rings is 1. The van der Waals surface area contributed by atoms with Crippen LogP contribution in [-0.4, -0.2) is 17.0 Å². The van der Waals surface area contributed by atoms with Gasteiger partial charge < -0.3 is 16.3 Å². The maximum atomic E-state index is 13.8. The predicted octanol–water partition coefficient (Wildman–Crippen LogP) is 2.54. The van der Waals surface area contributed by atoms with Gasteiger partial charge in [0, 0.05) is 10.4 Å². The van der Waals surface area contributed by atoms with Gasteiger partial charge in [-0.15, -0.1) is 11.3 Å². The molecule has 0 fully saturated rings. The molecule has 0 aliphatic rings. The van der Waals surface area contributed by atoms with Crippen molar-refractivity contribution < 1.29 is 14.4 Å². The predicted molar refractivity (Wildman–Crippen MR) is 75.9 cm³/mol. The van der Waals surface area contributed by atoms with Gasteiger partial charge in [0.2, 0.25) is 0 Å². The van der Waals surface area contributed by atoms with E-state index in [1.54, 1.807) is 6.07 Å². The minimum absolute atomic E-state index is 0.0375. The second kappa shape index (κ2) is 5.70. The second-order valence-electron chi connectivity index (χ2n) is 4.04. The van der Waals surface area contributed by atoms with Crippen molar-refractivity contribution in [3.05, 3.63) is 51.5 Å². The zero-order valence-corrected chi connectivity index (χ0v) is 11.4. The highest BCUT2D eigenvalue weighted by atomic mass is 32.1. The molecule has 0 radical (unpaired) electrons. The SMILES string of the molecule is Cc1ccc(C(=O)Nc2ccc(/C(N)=N/O)cc2F)s1. The van der Waals surface area contributed by atoms with E-state index in [-0.39, 0.29) is 23.0 Å². The molecular formula is C13H12FN3O2S. The van der Waals surface area contributed by atoms with Crippen molar-refractivity contribution in [3.63, 3.8) is 0 Å². The third-order valence-corrected chi connectivity index (χ3v) is 3.58. The van der Waals surface area contributed by atoms with Crippen LogP contribution in [0, 0.1) is 12.7 Å². The van der Waals surface area contributed by atoms with Crippen molar-refractivity contribution >= 4 is 28.8 Å². The Labute approximate surface area is 118 Å². The first-order valence-electron chi connectivity index (χ1n) is 5.66. The van der Waals surface area contributed by atoms with E-state index in [0.717, 1.165) is 10.9 Å². The molecule has 2 rings (SSSR count). The first-order valence-corrected chi connectivity index (χ1v) is 6.48. The normalized spacial score (nSPS) is 11.4. The summed E-state index contributed by atoms with van der Waals surface area (Å²) in [4.78, 5) is 13.4. The first-order chi connectivity index (χ1) is 9.51. The fraction of sp³-hybridized carbons (Fsp3) is 0.0769. The number of rotatable bonds is 3. The molecule has 0 aliphatic carbocycles. The summed E-state index contributed by atoms with van der Waals surface area (Å²) in [6, 6.07) is 7.40. The van der Waals surface area contributed by atoms with Crippen molar-refractivity contribution in [2.45, 2.75) is 6.92 Å². The average Bonchev–Trinajstić information content (AvgIpc) is 2.86. The molecule has 20 heavy (non-hydrogen) atoms. The maximum Gasteiger partial charge on any atom is 0.265 e.